The molecule has 6 heteroatoms. The summed E-state index contributed by atoms with van der Waals surface area (Å²) in [7, 11) is 0. The average molecular weight is 307 g/mol. The number of amides is 1. The molecule has 1 aromatic rings. The molecule has 1 aliphatic heterocycles. The molecule has 124 valence electrons. The molecule has 6 nitrogen and oxygen atoms in total. The van der Waals surface area contributed by atoms with Gasteiger partial charge in [0.2, 0.25) is 5.91 Å². The molecule has 0 saturated carbocycles. The maximum absolute atomic E-state index is 11.9. The summed E-state index contributed by atoms with van der Waals surface area (Å²) in [4.78, 5) is 16.7. The predicted molar refractivity (Wildman–Crippen MR) is 87.6 cm³/mol. The van der Waals surface area contributed by atoms with Crippen molar-refractivity contribution in [2.45, 2.75) is 26.8 Å². The normalized spacial score (nSPS) is 17.0. The highest BCUT2D eigenvalue weighted by Crippen LogP contribution is 2.04. The maximum atomic E-state index is 11.9. The van der Waals surface area contributed by atoms with Gasteiger partial charge in [0.25, 0.3) is 0 Å². The summed E-state index contributed by atoms with van der Waals surface area (Å²) in [5.74, 6) is 0.849. The lowest BCUT2D eigenvalue weighted by molar-refractivity contribution is -0.122. The summed E-state index contributed by atoms with van der Waals surface area (Å²) >= 11 is 0. The van der Waals surface area contributed by atoms with Crippen molar-refractivity contribution in [3.05, 3.63) is 18.5 Å². The lowest BCUT2D eigenvalue weighted by Gasteiger charge is -2.35. The number of carbonyl (C=O) groups excluding carboxylic acids is 1. The zero-order chi connectivity index (χ0) is 15.8. The van der Waals surface area contributed by atoms with Crippen LogP contribution < -0.4 is 5.32 Å². The number of piperazine rings is 1. The summed E-state index contributed by atoms with van der Waals surface area (Å²) < 4.78 is 1.89. The van der Waals surface area contributed by atoms with Crippen LogP contribution in [0.3, 0.4) is 0 Å². The highest BCUT2D eigenvalue weighted by atomic mass is 16.2. The van der Waals surface area contributed by atoms with Crippen molar-refractivity contribution < 1.29 is 4.79 Å². The molecular weight excluding hydrogens is 278 g/mol. The highest BCUT2D eigenvalue weighted by Gasteiger charge is 2.18. The first kappa shape index (κ1) is 17.0. The van der Waals surface area contributed by atoms with Gasteiger partial charge in [-0.3, -0.25) is 14.4 Å². The summed E-state index contributed by atoms with van der Waals surface area (Å²) in [6.07, 6.45) is 4.63. The van der Waals surface area contributed by atoms with Crippen molar-refractivity contribution in [1.82, 2.24) is 24.9 Å². The topological polar surface area (TPSA) is 53.4 Å². The molecule has 1 aliphatic rings. The van der Waals surface area contributed by atoms with Crippen LogP contribution in [0.2, 0.25) is 0 Å². The fourth-order valence-corrected chi connectivity index (χ4v) is 2.81. The first-order valence-electron chi connectivity index (χ1n) is 8.32. The molecule has 1 amide bonds. The smallest absolute Gasteiger partial charge is 0.234 e. The van der Waals surface area contributed by atoms with E-state index in [1.807, 2.05) is 16.9 Å². The molecule has 0 aromatic carbocycles. The Morgan fingerprint density at radius 1 is 1.23 bits per heavy atom. The highest BCUT2D eigenvalue weighted by molar-refractivity contribution is 5.77. The van der Waals surface area contributed by atoms with E-state index < -0.39 is 0 Å². The van der Waals surface area contributed by atoms with E-state index in [1.165, 1.54) is 0 Å². The Bertz CT molecular complexity index is 424. The van der Waals surface area contributed by atoms with E-state index >= 15 is 0 Å². The van der Waals surface area contributed by atoms with E-state index in [4.69, 9.17) is 0 Å². The van der Waals surface area contributed by atoms with Crippen LogP contribution in [-0.2, 0) is 11.3 Å². The Kier molecular flexibility index (Phi) is 6.86. The number of nitrogens with one attached hydrogen (secondary N) is 1. The maximum Gasteiger partial charge on any atom is 0.234 e. The standard InChI is InChI=1S/C16H29N5O/c1-15(2)13-19-9-11-20(12-10-19)14-16(22)17-5-3-7-21-8-4-6-18-21/h4,6,8,15H,3,5,7,9-14H2,1-2H3,(H,17,22). The Labute approximate surface area is 133 Å². The van der Waals surface area contributed by atoms with Crippen LogP contribution in [-0.4, -0.2) is 71.3 Å². The number of hydrogen-bond donors (Lipinski definition) is 1. The first-order chi connectivity index (χ1) is 10.6. The van der Waals surface area contributed by atoms with E-state index in [0.717, 1.165) is 45.7 Å². The molecule has 1 saturated heterocycles. The summed E-state index contributed by atoms with van der Waals surface area (Å²) in [5.41, 5.74) is 0. The minimum absolute atomic E-state index is 0.137. The molecule has 2 rings (SSSR count). The molecule has 0 aliphatic carbocycles. The number of carbonyl (C=O) groups is 1. The lowest BCUT2D eigenvalue weighted by Crippen LogP contribution is -2.50. The van der Waals surface area contributed by atoms with Crippen molar-refractivity contribution in [2.24, 2.45) is 5.92 Å². The Morgan fingerprint density at radius 2 is 1.95 bits per heavy atom. The van der Waals surface area contributed by atoms with Crippen molar-refractivity contribution in [2.75, 3.05) is 45.8 Å². The van der Waals surface area contributed by atoms with E-state index in [2.05, 4.69) is 34.1 Å². The summed E-state index contributed by atoms with van der Waals surface area (Å²) in [6.45, 7) is 11.9. The SMILES string of the molecule is CC(C)CN1CCN(CC(=O)NCCCn2cccn2)CC1. The van der Waals surface area contributed by atoms with Gasteiger partial charge < -0.3 is 10.2 Å². The minimum Gasteiger partial charge on any atom is -0.355 e. The molecule has 1 fully saturated rings. The number of aryl methyl sites for hydroxylation is 1. The molecule has 1 N–H and O–H groups in total. The molecule has 2 heterocycles. The fourth-order valence-electron chi connectivity index (χ4n) is 2.81. The molecule has 0 unspecified atom stereocenters. The van der Waals surface area contributed by atoms with Gasteiger partial charge in [-0.2, -0.15) is 5.10 Å². The third-order valence-electron chi connectivity index (χ3n) is 3.90. The van der Waals surface area contributed by atoms with Gasteiger partial charge in [0, 0.05) is 58.2 Å². The summed E-state index contributed by atoms with van der Waals surface area (Å²) in [6, 6.07) is 1.91. The van der Waals surface area contributed by atoms with Gasteiger partial charge >= 0.3 is 0 Å². The van der Waals surface area contributed by atoms with E-state index in [-0.39, 0.29) is 5.91 Å². The zero-order valence-corrected chi connectivity index (χ0v) is 13.9. The second-order valence-electron chi connectivity index (χ2n) is 6.44. The molecular formula is C16H29N5O. The molecule has 1 aromatic heterocycles. The average Bonchev–Trinajstić information content (AvgIpc) is 2.98. The zero-order valence-electron chi connectivity index (χ0n) is 13.9. The number of nitrogens with zero attached hydrogens (tertiary/aromatic N) is 4. The van der Waals surface area contributed by atoms with Gasteiger partial charge in [0.05, 0.1) is 6.54 Å². The first-order valence-corrected chi connectivity index (χ1v) is 8.32. The van der Waals surface area contributed by atoms with Gasteiger partial charge in [0.15, 0.2) is 0 Å². The molecule has 22 heavy (non-hydrogen) atoms. The molecule has 0 spiro atoms. The Balaban J connectivity index is 1.54. The molecule has 0 bridgehead atoms. The number of rotatable bonds is 8. The van der Waals surface area contributed by atoms with Gasteiger partial charge in [-0.25, -0.2) is 0 Å². The van der Waals surface area contributed by atoms with Crippen LogP contribution in [0.4, 0.5) is 0 Å². The van der Waals surface area contributed by atoms with Crippen LogP contribution in [0.1, 0.15) is 20.3 Å². The van der Waals surface area contributed by atoms with Crippen molar-refractivity contribution in [3.63, 3.8) is 0 Å². The fraction of sp³-hybridized carbons (Fsp3) is 0.750. The monoisotopic (exact) mass is 307 g/mol. The molecule has 0 radical (unpaired) electrons. The lowest BCUT2D eigenvalue weighted by atomic mass is 10.2. The van der Waals surface area contributed by atoms with Gasteiger partial charge in [-0.05, 0) is 18.4 Å². The minimum atomic E-state index is 0.137. The quantitative estimate of drug-likeness (QED) is 0.717. The van der Waals surface area contributed by atoms with Gasteiger partial charge in [0.1, 0.15) is 0 Å². The van der Waals surface area contributed by atoms with E-state index in [9.17, 15) is 4.79 Å². The van der Waals surface area contributed by atoms with Crippen molar-refractivity contribution in [1.29, 1.82) is 0 Å². The van der Waals surface area contributed by atoms with Crippen molar-refractivity contribution >= 4 is 5.91 Å². The number of aromatic nitrogens is 2. The van der Waals surface area contributed by atoms with Gasteiger partial charge in [-0.15, -0.1) is 0 Å². The van der Waals surface area contributed by atoms with Crippen LogP contribution in [0, 0.1) is 5.92 Å². The Hall–Kier alpha value is -1.40. The van der Waals surface area contributed by atoms with Crippen LogP contribution in [0.15, 0.2) is 18.5 Å². The van der Waals surface area contributed by atoms with E-state index in [1.54, 1.807) is 6.20 Å². The molecule has 0 atom stereocenters. The largest absolute Gasteiger partial charge is 0.355 e. The Morgan fingerprint density at radius 3 is 2.59 bits per heavy atom. The van der Waals surface area contributed by atoms with Crippen molar-refractivity contribution in [3.8, 4) is 0 Å². The predicted octanol–water partition coefficient (Wildman–Crippen LogP) is 0.663. The van der Waals surface area contributed by atoms with Crippen LogP contribution >= 0.6 is 0 Å². The van der Waals surface area contributed by atoms with E-state index in [0.29, 0.717) is 19.0 Å². The second-order valence-corrected chi connectivity index (χ2v) is 6.44. The number of hydrogen-bond acceptors (Lipinski definition) is 4. The van der Waals surface area contributed by atoms with Crippen LogP contribution in [0.25, 0.3) is 0 Å². The second kappa shape index (κ2) is 8.90. The third kappa shape index (κ3) is 6.15. The van der Waals surface area contributed by atoms with Crippen LogP contribution in [0.5, 0.6) is 0 Å². The van der Waals surface area contributed by atoms with Gasteiger partial charge in [-0.1, -0.05) is 13.8 Å². The third-order valence-corrected chi connectivity index (χ3v) is 3.90. The summed E-state index contributed by atoms with van der Waals surface area (Å²) in [5, 5.41) is 7.15.